The summed E-state index contributed by atoms with van der Waals surface area (Å²) >= 11 is 0. The highest BCUT2D eigenvalue weighted by Crippen LogP contribution is 2.24. The van der Waals surface area contributed by atoms with Crippen molar-refractivity contribution in [3.05, 3.63) is 47.5 Å². The largest absolute Gasteiger partial charge is 0.314 e. The fourth-order valence-electron chi connectivity index (χ4n) is 4.18. The monoisotopic (exact) mass is 325 g/mol. The Hall–Kier alpha value is -1.72. The van der Waals surface area contributed by atoms with E-state index in [-0.39, 0.29) is 6.04 Å². The number of fused-ring (bicyclic) bond motifs is 1. The molecule has 2 aliphatic heterocycles. The molecule has 24 heavy (non-hydrogen) atoms. The Morgan fingerprint density at radius 2 is 2.08 bits per heavy atom. The fourth-order valence-corrected chi connectivity index (χ4v) is 4.18. The smallest absolute Gasteiger partial charge is 0.149 e. The first-order valence-corrected chi connectivity index (χ1v) is 9.16. The van der Waals surface area contributed by atoms with Gasteiger partial charge in [-0.05, 0) is 32.3 Å². The third kappa shape index (κ3) is 3.10. The van der Waals surface area contributed by atoms with Crippen molar-refractivity contribution in [2.24, 2.45) is 0 Å². The van der Waals surface area contributed by atoms with E-state index < -0.39 is 0 Å². The molecule has 0 radical (unpaired) electrons. The second-order valence-electron chi connectivity index (χ2n) is 7.31. The molecule has 0 aliphatic carbocycles. The average Bonchev–Trinajstić information content (AvgIpc) is 3.25. The average molecular weight is 325 g/mol. The quantitative estimate of drug-likeness (QED) is 0.918. The number of nitrogens with zero attached hydrogens (tertiary/aromatic N) is 4. The molecule has 4 rings (SSSR count). The summed E-state index contributed by atoms with van der Waals surface area (Å²) in [5, 5.41) is 12.6. The Bertz CT molecular complexity index is 680. The Kier molecular flexibility index (Phi) is 4.37. The van der Waals surface area contributed by atoms with Crippen molar-refractivity contribution in [2.75, 3.05) is 6.54 Å². The van der Waals surface area contributed by atoms with Crippen LogP contribution < -0.4 is 5.32 Å². The van der Waals surface area contributed by atoms with E-state index in [1.54, 1.807) is 0 Å². The van der Waals surface area contributed by atoms with Gasteiger partial charge < -0.3 is 9.88 Å². The minimum absolute atomic E-state index is 0.262. The van der Waals surface area contributed by atoms with Crippen molar-refractivity contribution < 1.29 is 0 Å². The van der Waals surface area contributed by atoms with Crippen LogP contribution in [0.5, 0.6) is 0 Å². The molecule has 1 aromatic heterocycles. The van der Waals surface area contributed by atoms with E-state index in [4.69, 9.17) is 0 Å². The van der Waals surface area contributed by atoms with Crippen LogP contribution in [0.3, 0.4) is 0 Å². The molecule has 2 aliphatic rings. The number of nitrogens with one attached hydrogen (secondary N) is 1. The molecule has 5 heteroatoms. The lowest BCUT2D eigenvalue weighted by Gasteiger charge is -2.21. The maximum absolute atomic E-state index is 4.42. The van der Waals surface area contributed by atoms with Gasteiger partial charge in [0, 0.05) is 38.1 Å². The molecule has 0 amide bonds. The van der Waals surface area contributed by atoms with Gasteiger partial charge in [-0.1, -0.05) is 30.3 Å². The third-order valence-corrected chi connectivity index (χ3v) is 5.44. The van der Waals surface area contributed by atoms with Gasteiger partial charge >= 0.3 is 0 Å². The zero-order chi connectivity index (χ0) is 16.5. The van der Waals surface area contributed by atoms with Crippen molar-refractivity contribution in [1.29, 1.82) is 0 Å². The van der Waals surface area contributed by atoms with Crippen LogP contribution in [0.15, 0.2) is 30.3 Å². The topological polar surface area (TPSA) is 46.0 Å². The summed E-state index contributed by atoms with van der Waals surface area (Å²) in [6.45, 7) is 7.77. The maximum Gasteiger partial charge on any atom is 0.149 e. The van der Waals surface area contributed by atoms with Crippen LogP contribution in [0.1, 0.15) is 49.9 Å². The summed E-state index contributed by atoms with van der Waals surface area (Å²) in [5.74, 6) is 2.26. The minimum Gasteiger partial charge on any atom is -0.314 e. The van der Waals surface area contributed by atoms with Crippen molar-refractivity contribution in [3.63, 3.8) is 0 Å². The first-order chi connectivity index (χ1) is 11.7. The van der Waals surface area contributed by atoms with Gasteiger partial charge in [0.15, 0.2) is 0 Å². The molecule has 0 bridgehead atoms. The predicted molar refractivity (Wildman–Crippen MR) is 94.6 cm³/mol. The Morgan fingerprint density at radius 3 is 2.92 bits per heavy atom. The molecular formula is C19H27N5. The molecule has 1 saturated heterocycles. The lowest BCUT2D eigenvalue weighted by molar-refractivity contribution is 0.255. The summed E-state index contributed by atoms with van der Waals surface area (Å²) in [7, 11) is 0. The normalized spacial score (nSPS) is 25.1. The van der Waals surface area contributed by atoms with Gasteiger partial charge in [0.25, 0.3) is 0 Å². The molecule has 1 N–H and O–H groups in total. The van der Waals surface area contributed by atoms with Crippen LogP contribution >= 0.6 is 0 Å². The molecule has 0 unspecified atom stereocenters. The van der Waals surface area contributed by atoms with Gasteiger partial charge in [0.05, 0.1) is 6.04 Å². The highest BCUT2D eigenvalue weighted by Gasteiger charge is 2.31. The molecule has 2 aromatic rings. The summed E-state index contributed by atoms with van der Waals surface area (Å²) < 4.78 is 2.30. The first-order valence-electron chi connectivity index (χ1n) is 9.16. The Labute approximate surface area is 144 Å². The molecule has 5 nitrogen and oxygen atoms in total. The molecule has 3 atom stereocenters. The van der Waals surface area contributed by atoms with E-state index in [1.807, 2.05) is 0 Å². The molecule has 1 aromatic carbocycles. The summed E-state index contributed by atoms with van der Waals surface area (Å²) in [5.41, 5.74) is 1.40. The van der Waals surface area contributed by atoms with Gasteiger partial charge in [-0.15, -0.1) is 10.2 Å². The van der Waals surface area contributed by atoms with E-state index in [2.05, 4.69) is 69.2 Å². The number of likely N-dealkylation sites (tertiary alicyclic amines) is 1. The molecule has 1 fully saturated rings. The molecule has 128 valence electrons. The van der Waals surface area contributed by atoms with Crippen molar-refractivity contribution in [1.82, 2.24) is 25.0 Å². The van der Waals surface area contributed by atoms with Gasteiger partial charge in [0.2, 0.25) is 0 Å². The summed E-state index contributed by atoms with van der Waals surface area (Å²) in [6, 6.07) is 12.2. The van der Waals surface area contributed by atoms with Crippen LogP contribution in [0.2, 0.25) is 0 Å². The number of aryl methyl sites for hydroxylation is 1. The van der Waals surface area contributed by atoms with E-state index in [9.17, 15) is 0 Å². The number of benzene rings is 1. The van der Waals surface area contributed by atoms with Crippen molar-refractivity contribution in [2.45, 2.75) is 64.3 Å². The van der Waals surface area contributed by atoms with Crippen LogP contribution in [0.4, 0.5) is 0 Å². The molecule has 3 heterocycles. The number of rotatable bonds is 5. The van der Waals surface area contributed by atoms with E-state index in [0.717, 1.165) is 37.7 Å². The number of aromatic nitrogens is 3. The first kappa shape index (κ1) is 15.8. The molecular weight excluding hydrogens is 298 g/mol. The van der Waals surface area contributed by atoms with Gasteiger partial charge in [-0.3, -0.25) is 4.90 Å². The maximum atomic E-state index is 4.42. The molecule has 0 saturated carbocycles. The Morgan fingerprint density at radius 1 is 1.25 bits per heavy atom. The number of hydrogen-bond donors (Lipinski definition) is 1. The van der Waals surface area contributed by atoms with Crippen LogP contribution in [0, 0.1) is 0 Å². The van der Waals surface area contributed by atoms with Gasteiger partial charge in [-0.25, -0.2) is 0 Å². The fraction of sp³-hybridized carbons (Fsp3) is 0.579. The lowest BCUT2D eigenvalue weighted by atomic mass is 10.1. The van der Waals surface area contributed by atoms with Crippen molar-refractivity contribution >= 4 is 0 Å². The highest BCUT2D eigenvalue weighted by molar-refractivity contribution is 5.15. The summed E-state index contributed by atoms with van der Waals surface area (Å²) in [6.07, 6.45) is 3.47. The lowest BCUT2D eigenvalue weighted by Crippen LogP contribution is -2.35. The second-order valence-corrected chi connectivity index (χ2v) is 7.31. The minimum atomic E-state index is 0.262. The van der Waals surface area contributed by atoms with Crippen LogP contribution in [-0.4, -0.2) is 38.3 Å². The highest BCUT2D eigenvalue weighted by atomic mass is 15.3. The van der Waals surface area contributed by atoms with Crippen molar-refractivity contribution in [3.8, 4) is 0 Å². The van der Waals surface area contributed by atoms with Crippen LogP contribution in [-0.2, 0) is 19.5 Å². The van der Waals surface area contributed by atoms with Gasteiger partial charge in [0.1, 0.15) is 11.6 Å². The van der Waals surface area contributed by atoms with E-state index in [0.29, 0.717) is 12.1 Å². The van der Waals surface area contributed by atoms with Crippen LogP contribution in [0.25, 0.3) is 0 Å². The van der Waals surface area contributed by atoms with E-state index >= 15 is 0 Å². The standard InChI is InChI=1S/C19H27N5/c1-14-11-17(13-23(14)12-16-7-4-3-5-8-16)20-15(2)19-22-21-18-9-6-10-24(18)19/h3-5,7-8,14-15,17,20H,6,9-13H2,1-2H3/t14-,15-,17+/m0/s1. The zero-order valence-corrected chi connectivity index (χ0v) is 14.7. The van der Waals surface area contributed by atoms with Gasteiger partial charge in [-0.2, -0.15) is 0 Å². The molecule has 0 spiro atoms. The number of hydrogen-bond acceptors (Lipinski definition) is 4. The predicted octanol–water partition coefficient (Wildman–Crippen LogP) is 2.54. The Balaban J connectivity index is 1.37. The third-order valence-electron chi connectivity index (χ3n) is 5.44. The SMILES string of the molecule is C[C@H](N[C@@H]1C[C@H](C)N(Cc2ccccc2)C1)c1nnc2n1CCC2. The summed E-state index contributed by atoms with van der Waals surface area (Å²) in [4.78, 5) is 2.58. The second kappa shape index (κ2) is 6.65. The zero-order valence-electron chi connectivity index (χ0n) is 14.7. The van der Waals surface area contributed by atoms with E-state index in [1.165, 1.54) is 18.4 Å².